The maximum atomic E-state index is 12.5. The summed E-state index contributed by atoms with van der Waals surface area (Å²) in [6.07, 6.45) is -1.69. The Balaban J connectivity index is 2.05. The summed E-state index contributed by atoms with van der Waals surface area (Å²) in [4.78, 5) is 14.3. The standard InChI is InChI=1S/C15H9F3N2O2/c16-15(17,18)13-4-2-11(8-19-13)20-6-5-9-7-10(14(21)22)1-3-12(9)20/h1-8H,(H,21,22). The van der Waals surface area contributed by atoms with Gasteiger partial charge in [-0.3, -0.25) is 0 Å². The Bertz CT molecular complexity index is 851. The Morgan fingerprint density at radius 2 is 1.91 bits per heavy atom. The van der Waals surface area contributed by atoms with Gasteiger partial charge in [-0.2, -0.15) is 13.2 Å². The van der Waals surface area contributed by atoms with Crippen molar-refractivity contribution in [1.29, 1.82) is 0 Å². The molecule has 0 aliphatic rings. The number of hydrogen-bond donors (Lipinski definition) is 1. The van der Waals surface area contributed by atoms with Crippen LogP contribution in [0.15, 0.2) is 48.8 Å². The first-order valence-corrected chi connectivity index (χ1v) is 6.24. The molecular weight excluding hydrogens is 297 g/mol. The molecule has 1 N–H and O–H groups in total. The van der Waals surface area contributed by atoms with E-state index in [9.17, 15) is 18.0 Å². The number of carbonyl (C=O) groups is 1. The summed E-state index contributed by atoms with van der Waals surface area (Å²) in [5, 5.41) is 9.63. The largest absolute Gasteiger partial charge is 0.478 e. The van der Waals surface area contributed by atoms with Crippen molar-refractivity contribution in [2.24, 2.45) is 0 Å². The van der Waals surface area contributed by atoms with E-state index >= 15 is 0 Å². The van der Waals surface area contributed by atoms with E-state index in [-0.39, 0.29) is 5.56 Å². The monoisotopic (exact) mass is 306 g/mol. The molecule has 2 heterocycles. The van der Waals surface area contributed by atoms with E-state index in [1.54, 1.807) is 22.9 Å². The van der Waals surface area contributed by atoms with Gasteiger partial charge < -0.3 is 9.67 Å². The van der Waals surface area contributed by atoms with Crippen LogP contribution in [0.5, 0.6) is 0 Å². The molecular formula is C15H9F3N2O2. The lowest BCUT2D eigenvalue weighted by Gasteiger charge is -2.08. The summed E-state index contributed by atoms with van der Waals surface area (Å²) >= 11 is 0. The van der Waals surface area contributed by atoms with E-state index in [2.05, 4.69) is 4.98 Å². The molecule has 3 aromatic rings. The molecule has 112 valence electrons. The Morgan fingerprint density at radius 1 is 1.14 bits per heavy atom. The SMILES string of the molecule is O=C(O)c1ccc2c(ccn2-c2ccc(C(F)(F)F)nc2)c1. The molecule has 0 fully saturated rings. The lowest BCUT2D eigenvalue weighted by molar-refractivity contribution is -0.141. The molecule has 0 saturated heterocycles. The van der Waals surface area contributed by atoms with E-state index in [0.717, 1.165) is 12.3 Å². The number of benzene rings is 1. The first-order valence-electron chi connectivity index (χ1n) is 6.24. The molecule has 0 spiro atoms. The molecule has 22 heavy (non-hydrogen) atoms. The van der Waals surface area contributed by atoms with Crippen molar-refractivity contribution in [1.82, 2.24) is 9.55 Å². The van der Waals surface area contributed by atoms with E-state index in [4.69, 9.17) is 5.11 Å². The molecule has 0 atom stereocenters. The van der Waals surface area contributed by atoms with Gasteiger partial charge >= 0.3 is 12.1 Å². The van der Waals surface area contributed by atoms with E-state index < -0.39 is 17.8 Å². The topological polar surface area (TPSA) is 55.1 Å². The molecule has 0 bridgehead atoms. The van der Waals surface area contributed by atoms with Crippen molar-refractivity contribution in [2.75, 3.05) is 0 Å². The highest BCUT2D eigenvalue weighted by Gasteiger charge is 2.32. The van der Waals surface area contributed by atoms with E-state index in [0.29, 0.717) is 16.6 Å². The summed E-state index contributed by atoms with van der Waals surface area (Å²) in [6, 6.07) is 8.48. The zero-order valence-electron chi connectivity index (χ0n) is 11.0. The van der Waals surface area contributed by atoms with Crippen LogP contribution in [0, 0.1) is 0 Å². The average Bonchev–Trinajstić information content (AvgIpc) is 2.89. The van der Waals surface area contributed by atoms with Crippen molar-refractivity contribution in [3.63, 3.8) is 0 Å². The molecule has 0 radical (unpaired) electrons. The summed E-state index contributed by atoms with van der Waals surface area (Å²) in [5.41, 5.74) is 0.342. The lowest BCUT2D eigenvalue weighted by atomic mass is 10.1. The van der Waals surface area contributed by atoms with Gasteiger partial charge in [-0.15, -0.1) is 0 Å². The van der Waals surface area contributed by atoms with Crippen LogP contribution in [0.2, 0.25) is 0 Å². The summed E-state index contributed by atoms with van der Waals surface area (Å²) < 4.78 is 39.2. The van der Waals surface area contributed by atoms with Gasteiger partial charge in [-0.05, 0) is 36.4 Å². The van der Waals surface area contributed by atoms with Crippen LogP contribution in [0.3, 0.4) is 0 Å². The van der Waals surface area contributed by atoms with Crippen LogP contribution in [-0.4, -0.2) is 20.6 Å². The predicted octanol–water partition coefficient (Wildman–Crippen LogP) is 3.74. The van der Waals surface area contributed by atoms with Crippen LogP contribution >= 0.6 is 0 Å². The van der Waals surface area contributed by atoms with Crippen molar-refractivity contribution in [3.8, 4) is 5.69 Å². The number of halogens is 3. The van der Waals surface area contributed by atoms with Gasteiger partial charge in [0.2, 0.25) is 0 Å². The molecule has 4 nitrogen and oxygen atoms in total. The zero-order valence-corrected chi connectivity index (χ0v) is 11.0. The van der Waals surface area contributed by atoms with Crippen molar-refractivity contribution in [2.45, 2.75) is 6.18 Å². The van der Waals surface area contributed by atoms with Crippen molar-refractivity contribution in [3.05, 3.63) is 60.0 Å². The van der Waals surface area contributed by atoms with E-state index in [1.165, 1.54) is 18.2 Å². The molecule has 0 aliphatic heterocycles. The second-order valence-corrected chi connectivity index (χ2v) is 4.66. The highest BCUT2D eigenvalue weighted by atomic mass is 19.4. The van der Waals surface area contributed by atoms with Gasteiger partial charge in [0.1, 0.15) is 5.69 Å². The van der Waals surface area contributed by atoms with Gasteiger partial charge in [0.05, 0.1) is 23.0 Å². The first-order chi connectivity index (χ1) is 10.4. The molecule has 2 aromatic heterocycles. The van der Waals surface area contributed by atoms with Crippen LogP contribution in [0.4, 0.5) is 13.2 Å². The molecule has 3 rings (SSSR count). The third-order valence-corrected chi connectivity index (χ3v) is 3.25. The minimum atomic E-state index is -4.48. The summed E-state index contributed by atoms with van der Waals surface area (Å²) in [7, 11) is 0. The second-order valence-electron chi connectivity index (χ2n) is 4.66. The Labute approximate surface area is 122 Å². The van der Waals surface area contributed by atoms with Crippen molar-refractivity contribution < 1.29 is 23.1 Å². The highest BCUT2D eigenvalue weighted by molar-refractivity contribution is 5.94. The van der Waals surface area contributed by atoms with Crippen molar-refractivity contribution >= 4 is 16.9 Å². The maximum Gasteiger partial charge on any atom is 0.433 e. The Kier molecular flexibility index (Phi) is 3.13. The number of alkyl halides is 3. The quantitative estimate of drug-likeness (QED) is 0.784. The minimum Gasteiger partial charge on any atom is -0.478 e. The average molecular weight is 306 g/mol. The second kappa shape index (κ2) is 4.87. The number of carboxylic acid groups (broad SMARTS) is 1. The number of aromatic nitrogens is 2. The first kappa shape index (κ1) is 14.1. The summed E-state index contributed by atoms with van der Waals surface area (Å²) in [6.45, 7) is 0. The van der Waals surface area contributed by atoms with Crippen LogP contribution in [0.25, 0.3) is 16.6 Å². The Morgan fingerprint density at radius 3 is 2.50 bits per heavy atom. The number of carboxylic acids is 1. The zero-order chi connectivity index (χ0) is 15.9. The number of hydrogen-bond acceptors (Lipinski definition) is 2. The van der Waals surface area contributed by atoms with Gasteiger partial charge in [-0.1, -0.05) is 0 Å². The normalized spacial score (nSPS) is 11.8. The van der Waals surface area contributed by atoms with Crippen LogP contribution < -0.4 is 0 Å². The highest BCUT2D eigenvalue weighted by Crippen LogP contribution is 2.28. The minimum absolute atomic E-state index is 0.149. The van der Waals surface area contributed by atoms with Crippen LogP contribution in [-0.2, 0) is 6.18 Å². The third-order valence-electron chi connectivity index (χ3n) is 3.25. The van der Waals surface area contributed by atoms with Gasteiger partial charge in [0, 0.05) is 11.6 Å². The molecule has 7 heteroatoms. The fourth-order valence-electron chi connectivity index (χ4n) is 2.20. The molecule has 0 amide bonds. The smallest absolute Gasteiger partial charge is 0.433 e. The Hall–Kier alpha value is -2.83. The van der Waals surface area contributed by atoms with Crippen LogP contribution in [0.1, 0.15) is 16.1 Å². The predicted molar refractivity (Wildman–Crippen MR) is 73.0 cm³/mol. The van der Waals surface area contributed by atoms with E-state index in [1.807, 2.05) is 0 Å². The fraction of sp³-hybridized carbons (Fsp3) is 0.0667. The van der Waals surface area contributed by atoms with Gasteiger partial charge in [0.25, 0.3) is 0 Å². The lowest BCUT2D eigenvalue weighted by Crippen LogP contribution is -2.08. The van der Waals surface area contributed by atoms with Gasteiger partial charge in [0.15, 0.2) is 0 Å². The number of rotatable bonds is 2. The summed E-state index contributed by atoms with van der Waals surface area (Å²) in [5.74, 6) is -1.04. The molecule has 1 aromatic carbocycles. The molecule has 0 unspecified atom stereocenters. The molecule has 0 aliphatic carbocycles. The third kappa shape index (κ3) is 2.41. The fourth-order valence-corrected chi connectivity index (χ4v) is 2.20. The number of nitrogens with zero attached hydrogens (tertiary/aromatic N) is 2. The van der Waals surface area contributed by atoms with Gasteiger partial charge in [-0.25, -0.2) is 9.78 Å². The number of aromatic carboxylic acids is 1. The maximum absolute atomic E-state index is 12.5. The number of pyridine rings is 1. The molecule has 0 saturated carbocycles. The number of fused-ring (bicyclic) bond motifs is 1.